The number of H-pyrrole nitrogens is 2. The summed E-state index contributed by atoms with van der Waals surface area (Å²) in [6.45, 7) is 0. The van der Waals surface area contributed by atoms with Crippen molar-refractivity contribution < 1.29 is 3.90 Å². The van der Waals surface area contributed by atoms with E-state index in [0.717, 1.165) is 47.9 Å². The van der Waals surface area contributed by atoms with Crippen LogP contribution in [0.25, 0.3) is 89.7 Å². The summed E-state index contributed by atoms with van der Waals surface area (Å²) in [5, 5.41) is 3.62. The van der Waals surface area contributed by atoms with Crippen molar-refractivity contribution in [2.24, 2.45) is 0 Å². The van der Waals surface area contributed by atoms with Crippen molar-refractivity contribution in [2.45, 2.75) is 0 Å². The minimum absolute atomic E-state index is 0.548. The molecule has 9 rings (SSSR count). The molecule has 0 amide bonds. The van der Waals surface area contributed by atoms with E-state index in [2.05, 4.69) is 9.97 Å². The van der Waals surface area contributed by atoms with E-state index in [1.165, 1.54) is 0 Å². The molecule has 7 aromatic rings. The van der Waals surface area contributed by atoms with Crippen LogP contribution in [0.1, 0.15) is 0 Å². The Morgan fingerprint density at radius 2 is 0.833 bits per heavy atom. The molecule has 3 aromatic heterocycles. The van der Waals surface area contributed by atoms with Crippen LogP contribution in [0.15, 0.2) is 91.0 Å². The molecule has 4 aromatic carbocycles. The zero-order valence-electron chi connectivity index (χ0n) is 22.0. The Kier molecular flexibility index (Phi) is 5.00. The average Bonchev–Trinajstić information content (AvgIpc) is 3.76. The second kappa shape index (κ2) is 8.92. The van der Waals surface area contributed by atoms with Gasteiger partial charge in [-0.05, 0) is 0 Å². The number of nitrogens with zero attached hydrogens (tertiary/aromatic N) is 6. The van der Waals surface area contributed by atoms with Crippen LogP contribution in [-0.2, 0) is 0 Å². The Labute approximate surface area is 245 Å². The Bertz CT molecular complexity index is 2420. The van der Waals surface area contributed by atoms with Gasteiger partial charge in [0.05, 0.1) is 0 Å². The van der Waals surface area contributed by atoms with Crippen molar-refractivity contribution in [3.8, 4) is 45.6 Å². The van der Waals surface area contributed by atoms with Crippen LogP contribution < -0.4 is 4.12 Å². The number of hydrogen-bond donors (Lipinski definition) is 3. The van der Waals surface area contributed by atoms with Crippen LogP contribution >= 0.6 is 0 Å². The fraction of sp³-hybridized carbons (Fsp3) is 0. The van der Waals surface area contributed by atoms with E-state index >= 15 is 0 Å². The molecule has 0 aliphatic carbocycles. The van der Waals surface area contributed by atoms with Gasteiger partial charge < -0.3 is 0 Å². The molecule has 9 nitrogen and oxygen atoms in total. The molecule has 5 heterocycles. The molecular weight excluding hydrogens is 582 g/mol. The van der Waals surface area contributed by atoms with Gasteiger partial charge in [0, 0.05) is 0 Å². The Morgan fingerprint density at radius 1 is 0.429 bits per heavy atom. The number of fused-ring (bicyclic) bond motifs is 20. The van der Waals surface area contributed by atoms with Crippen LogP contribution in [0.2, 0.25) is 0 Å². The standard InChI is InChI=1S/C32H17N8.Ga.H2O.H/c1-2-10-18-17(9-1)25-33-26(18)38-28-21-13-5-6-14-22(21)30(35-28)40-32-24-16-8-7-15-23(24)31(36-32)39-29-20-12-4-3-11-19(20)27(34-29)37-25;;;/h1-15H,(H2,33,34,35,36,37,38,39,40);;1H2;/q;+1;;/p-1. The van der Waals surface area contributed by atoms with Crippen molar-refractivity contribution >= 4 is 66.0 Å². The molecule has 3 N–H and O–H groups in total. The number of aromatic nitrogens is 8. The molecule has 2 aliphatic rings. The van der Waals surface area contributed by atoms with Crippen molar-refractivity contribution in [1.29, 1.82) is 0 Å². The molecule has 0 fully saturated rings. The van der Waals surface area contributed by atoms with Crippen LogP contribution in [0.3, 0.4) is 0 Å². The maximum atomic E-state index is 10.4. The summed E-state index contributed by atoms with van der Waals surface area (Å²) in [6, 6.07) is 29.9. The molecule has 0 atom stereocenters. The Morgan fingerprint density at radius 3 is 1.33 bits per heavy atom. The van der Waals surface area contributed by atoms with Gasteiger partial charge in [-0.1, -0.05) is 6.07 Å². The first kappa shape index (κ1) is 23.5. The van der Waals surface area contributed by atoms with E-state index in [4.69, 9.17) is 29.9 Å². The van der Waals surface area contributed by atoms with Gasteiger partial charge >= 0.3 is 240 Å². The van der Waals surface area contributed by atoms with Crippen LogP contribution in [0.5, 0.6) is 0 Å². The molecule has 0 saturated carbocycles. The molecule has 0 spiro atoms. The monoisotopic (exact) mass is 600 g/mol. The number of benzene rings is 4. The molecule has 196 valence electrons. The predicted octanol–water partition coefficient (Wildman–Crippen LogP) is 4.84. The SMILES string of the molecule is [OH][GaH][c]1cccc2c3nc4nc(nc5[nH]c(nc6nc(nc([nH]3)c12)-c1ccccc1-6)c1ccccc51)-c1ccccc1-4. The second-order valence-electron chi connectivity index (χ2n) is 10.2. The Balaban J connectivity index is 1.52. The molecule has 8 bridgehead atoms. The normalized spacial score (nSPS) is 11.9. The number of rotatable bonds is 1. The summed E-state index contributed by atoms with van der Waals surface area (Å²) in [4.78, 5) is 36.8. The third kappa shape index (κ3) is 3.43. The van der Waals surface area contributed by atoms with E-state index < -0.39 is 17.8 Å². The van der Waals surface area contributed by atoms with Gasteiger partial charge in [0.2, 0.25) is 0 Å². The van der Waals surface area contributed by atoms with Crippen LogP contribution in [-0.4, -0.2) is 61.5 Å². The van der Waals surface area contributed by atoms with Gasteiger partial charge in [-0.15, -0.1) is 0 Å². The van der Waals surface area contributed by atoms with Crippen LogP contribution in [0, 0.1) is 0 Å². The number of nitrogens with one attached hydrogen (secondary N) is 2. The first-order chi connectivity index (χ1) is 20.7. The van der Waals surface area contributed by atoms with Crippen molar-refractivity contribution in [3.05, 3.63) is 91.0 Å². The van der Waals surface area contributed by atoms with E-state index in [1.807, 2.05) is 91.0 Å². The topological polar surface area (TPSA) is 129 Å². The number of hydrogen-bond acceptors (Lipinski definition) is 7. The van der Waals surface area contributed by atoms with Gasteiger partial charge in [0.1, 0.15) is 0 Å². The first-order valence-corrected chi connectivity index (χ1v) is 16.4. The van der Waals surface area contributed by atoms with Gasteiger partial charge in [0.25, 0.3) is 0 Å². The third-order valence-corrected chi connectivity index (χ3v) is 9.79. The van der Waals surface area contributed by atoms with Crippen molar-refractivity contribution in [3.63, 3.8) is 0 Å². The van der Waals surface area contributed by atoms with E-state index in [9.17, 15) is 3.90 Å². The van der Waals surface area contributed by atoms with E-state index in [0.29, 0.717) is 45.9 Å². The van der Waals surface area contributed by atoms with Gasteiger partial charge in [0.15, 0.2) is 0 Å². The summed E-state index contributed by atoms with van der Waals surface area (Å²) in [6.07, 6.45) is 0. The zero-order valence-corrected chi connectivity index (χ0v) is 25.0. The molecule has 0 saturated heterocycles. The summed E-state index contributed by atoms with van der Waals surface area (Å²) in [5.41, 5.74) is 6.13. The van der Waals surface area contributed by atoms with Crippen molar-refractivity contribution in [1.82, 2.24) is 39.9 Å². The maximum absolute atomic E-state index is 10.4. The molecule has 10 heteroatoms. The average molecular weight is 601 g/mol. The molecule has 2 aliphatic heterocycles. The minimum atomic E-state index is -1.98. The van der Waals surface area contributed by atoms with E-state index in [1.54, 1.807) is 0 Å². The van der Waals surface area contributed by atoms with Gasteiger partial charge in [-0.25, -0.2) is 0 Å². The van der Waals surface area contributed by atoms with E-state index in [-0.39, 0.29) is 0 Å². The number of aromatic amines is 2. The summed E-state index contributed by atoms with van der Waals surface area (Å²) in [5.74, 6) is 2.24. The molecule has 0 radical (unpaired) electrons. The van der Waals surface area contributed by atoms with Gasteiger partial charge in [-0.3, -0.25) is 0 Å². The second-order valence-corrected chi connectivity index (χ2v) is 12.5. The quantitative estimate of drug-likeness (QED) is 0.230. The third-order valence-electron chi connectivity index (χ3n) is 7.84. The predicted molar refractivity (Wildman–Crippen MR) is 165 cm³/mol. The molecule has 42 heavy (non-hydrogen) atoms. The molecular formula is C32H19GaN8O. The fourth-order valence-corrected chi connectivity index (χ4v) is 7.48. The van der Waals surface area contributed by atoms with Crippen molar-refractivity contribution in [2.75, 3.05) is 0 Å². The molecule has 0 unspecified atom stereocenters. The summed E-state index contributed by atoms with van der Waals surface area (Å²) in [7, 11) is 0. The fourth-order valence-electron chi connectivity index (χ4n) is 5.89. The Hall–Kier alpha value is -5.16. The van der Waals surface area contributed by atoms with Gasteiger partial charge in [-0.2, -0.15) is 0 Å². The van der Waals surface area contributed by atoms with Crippen LogP contribution in [0.4, 0.5) is 0 Å². The summed E-state index contributed by atoms with van der Waals surface area (Å²) >= 11 is -1.98. The first-order valence-electron chi connectivity index (χ1n) is 13.6. The zero-order chi connectivity index (χ0) is 27.8. The summed E-state index contributed by atoms with van der Waals surface area (Å²) < 4.78 is 11.4.